The zero-order chi connectivity index (χ0) is 23.3. The van der Waals surface area contributed by atoms with Gasteiger partial charge in [-0.05, 0) is 24.5 Å². The number of hydrogen-bond acceptors (Lipinski definition) is 9. The fourth-order valence-electron chi connectivity index (χ4n) is 3.01. The van der Waals surface area contributed by atoms with E-state index in [1.165, 1.54) is 26.0 Å². The molecule has 1 heterocycles. The molecule has 3 aromatic rings. The summed E-state index contributed by atoms with van der Waals surface area (Å²) in [5.41, 5.74) is 1.93. The summed E-state index contributed by atoms with van der Waals surface area (Å²) in [4.78, 5) is 9.08. The lowest BCUT2D eigenvalue weighted by Gasteiger charge is -2.16. The van der Waals surface area contributed by atoms with Crippen LogP contribution in [0.2, 0.25) is 5.02 Å². The first-order chi connectivity index (χ1) is 15.5. The number of thioether (sulfide) groups is 1. The normalized spacial score (nSPS) is 10.3. The van der Waals surface area contributed by atoms with E-state index >= 15 is 0 Å². The second kappa shape index (κ2) is 10.3. The van der Waals surface area contributed by atoms with Crippen molar-refractivity contribution < 1.29 is 18.9 Å². The first-order valence-corrected chi connectivity index (χ1v) is 10.9. The molecule has 32 heavy (non-hydrogen) atoms. The van der Waals surface area contributed by atoms with Gasteiger partial charge in [0.2, 0.25) is 0 Å². The van der Waals surface area contributed by atoms with Crippen molar-refractivity contribution in [2.75, 3.05) is 40.0 Å². The molecule has 2 aromatic carbocycles. The maximum atomic E-state index is 9.99. The van der Waals surface area contributed by atoms with Crippen molar-refractivity contribution in [2.45, 2.75) is 5.16 Å². The van der Waals surface area contributed by atoms with Gasteiger partial charge in [-0.1, -0.05) is 23.4 Å². The molecule has 0 saturated carbocycles. The Morgan fingerprint density at radius 1 is 0.906 bits per heavy atom. The highest BCUT2D eigenvalue weighted by Gasteiger charge is 2.20. The molecule has 0 atom stereocenters. The number of anilines is 2. The Kier molecular flexibility index (Phi) is 7.51. The van der Waals surface area contributed by atoms with E-state index in [1.54, 1.807) is 38.5 Å². The topological polar surface area (TPSA) is 98.5 Å². The lowest BCUT2D eigenvalue weighted by molar-refractivity contribution is 0.355. The number of ether oxygens (including phenoxy) is 4. The molecule has 0 radical (unpaired) electrons. The molecular weight excluding hydrogens is 452 g/mol. The number of nitriles is 1. The Bertz CT molecular complexity index is 1180. The number of halogens is 1. The van der Waals surface area contributed by atoms with Gasteiger partial charge >= 0.3 is 0 Å². The molecule has 0 fully saturated rings. The average Bonchev–Trinajstić information content (AvgIpc) is 2.83. The van der Waals surface area contributed by atoms with Crippen LogP contribution in [0, 0.1) is 11.3 Å². The van der Waals surface area contributed by atoms with Crippen molar-refractivity contribution in [3.05, 3.63) is 40.9 Å². The van der Waals surface area contributed by atoms with Crippen LogP contribution in [0.15, 0.2) is 35.5 Å². The molecule has 0 aliphatic heterocycles. The number of hydrogen-bond donors (Lipinski definition) is 1. The summed E-state index contributed by atoms with van der Waals surface area (Å²) in [6.45, 7) is 0. The minimum atomic E-state index is 0.256. The van der Waals surface area contributed by atoms with Gasteiger partial charge < -0.3 is 24.3 Å². The predicted octanol–water partition coefficient (Wildman–Crippen LogP) is 5.17. The van der Waals surface area contributed by atoms with Gasteiger partial charge in [-0.15, -0.1) is 0 Å². The van der Waals surface area contributed by atoms with Crippen molar-refractivity contribution in [3.8, 4) is 40.3 Å². The summed E-state index contributed by atoms with van der Waals surface area (Å²) in [6.07, 6.45) is 1.86. The van der Waals surface area contributed by atoms with Crippen molar-refractivity contribution in [1.82, 2.24) is 9.97 Å². The summed E-state index contributed by atoms with van der Waals surface area (Å²) in [5, 5.41) is 14.0. The van der Waals surface area contributed by atoms with Gasteiger partial charge in [-0.25, -0.2) is 9.97 Å². The molecule has 166 valence electrons. The van der Waals surface area contributed by atoms with E-state index in [4.69, 9.17) is 30.5 Å². The van der Waals surface area contributed by atoms with E-state index in [0.29, 0.717) is 55.9 Å². The standard InChI is InChI=1S/C22H21ClN4O4S/c1-28-16-7-6-12(8-19(16)31-4)20-13(11-24)21(27-22(26-20)32-5)25-15-10-17(29-2)14(23)9-18(15)30-3/h6-10H,1-5H3,(H,25,26,27). The van der Waals surface area contributed by atoms with Gasteiger partial charge in [-0.2, -0.15) is 5.26 Å². The Morgan fingerprint density at radius 2 is 1.59 bits per heavy atom. The average molecular weight is 473 g/mol. The summed E-state index contributed by atoms with van der Waals surface area (Å²) >= 11 is 7.57. The molecule has 10 heteroatoms. The number of aromatic nitrogens is 2. The monoisotopic (exact) mass is 472 g/mol. The van der Waals surface area contributed by atoms with E-state index < -0.39 is 0 Å². The quantitative estimate of drug-likeness (QED) is 0.351. The van der Waals surface area contributed by atoms with Crippen LogP contribution in [0.5, 0.6) is 23.0 Å². The van der Waals surface area contributed by atoms with Crippen molar-refractivity contribution in [3.63, 3.8) is 0 Å². The molecule has 1 aromatic heterocycles. The van der Waals surface area contributed by atoms with Gasteiger partial charge in [0.15, 0.2) is 22.5 Å². The molecule has 0 saturated heterocycles. The number of nitrogens with zero attached hydrogens (tertiary/aromatic N) is 3. The summed E-state index contributed by atoms with van der Waals surface area (Å²) in [5.74, 6) is 2.34. The molecule has 1 N–H and O–H groups in total. The number of nitrogens with one attached hydrogen (secondary N) is 1. The molecular formula is C22H21ClN4O4S. The van der Waals surface area contributed by atoms with Crippen LogP contribution in [-0.4, -0.2) is 44.7 Å². The molecule has 0 unspecified atom stereocenters. The van der Waals surface area contributed by atoms with Gasteiger partial charge in [0.1, 0.15) is 23.1 Å². The van der Waals surface area contributed by atoms with Gasteiger partial charge in [0.25, 0.3) is 0 Å². The Hall–Kier alpha value is -3.35. The van der Waals surface area contributed by atoms with E-state index in [1.807, 2.05) is 12.3 Å². The zero-order valence-electron chi connectivity index (χ0n) is 18.1. The molecule has 8 nitrogen and oxygen atoms in total. The van der Waals surface area contributed by atoms with Gasteiger partial charge in [-0.3, -0.25) is 0 Å². The van der Waals surface area contributed by atoms with Crippen molar-refractivity contribution >= 4 is 34.9 Å². The van der Waals surface area contributed by atoms with Gasteiger partial charge in [0, 0.05) is 17.7 Å². The van der Waals surface area contributed by atoms with Crippen LogP contribution >= 0.6 is 23.4 Å². The smallest absolute Gasteiger partial charge is 0.189 e. The Balaban J connectivity index is 2.18. The second-order valence-electron chi connectivity index (χ2n) is 6.28. The number of benzene rings is 2. The van der Waals surface area contributed by atoms with Crippen molar-refractivity contribution in [1.29, 1.82) is 5.26 Å². The summed E-state index contributed by atoms with van der Waals surface area (Å²) in [6, 6.07) is 10.9. The van der Waals surface area contributed by atoms with E-state index in [-0.39, 0.29) is 5.56 Å². The first kappa shape index (κ1) is 23.3. The molecule has 0 amide bonds. The van der Waals surface area contributed by atoms with Crippen LogP contribution in [0.3, 0.4) is 0 Å². The van der Waals surface area contributed by atoms with Crippen LogP contribution in [-0.2, 0) is 0 Å². The number of rotatable bonds is 8. The third-order valence-corrected chi connectivity index (χ3v) is 5.41. The summed E-state index contributed by atoms with van der Waals surface area (Å²) < 4.78 is 21.5. The van der Waals surface area contributed by atoms with Crippen LogP contribution in [0.4, 0.5) is 11.5 Å². The highest BCUT2D eigenvalue weighted by molar-refractivity contribution is 7.98. The molecule has 3 rings (SSSR count). The van der Waals surface area contributed by atoms with Crippen LogP contribution in [0.1, 0.15) is 5.56 Å². The third-order valence-electron chi connectivity index (χ3n) is 4.57. The van der Waals surface area contributed by atoms with Crippen molar-refractivity contribution in [2.24, 2.45) is 0 Å². The van der Waals surface area contributed by atoms with Crippen LogP contribution < -0.4 is 24.3 Å². The lowest BCUT2D eigenvalue weighted by atomic mass is 10.1. The molecule has 0 bridgehead atoms. The maximum absolute atomic E-state index is 9.99. The zero-order valence-corrected chi connectivity index (χ0v) is 19.7. The molecule has 0 spiro atoms. The second-order valence-corrected chi connectivity index (χ2v) is 7.46. The van der Waals surface area contributed by atoms with Gasteiger partial charge in [0.05, 0.1) is 44.8 Å². The van der Waals surface area contributed by atoms with E-state index in [9.17, 15) is 5.26 Å². The Morgan fingerprint density at radius 3 is 2.19 bits per heavy atom. The fraction of sp³-hybridized carbons (Fsp3) is 0.227. The van der Waals surface area contributed by atoms with Crippen LogP contribution in [0.25, 0.3) is 11.3 Å². The minimum Gasteiger partial charge on any atom is -0.495 e. The molecule has 0 aliphatic carbocycles. The highest BCUT2D eigenvalue weighted by Crippen LogP contribution is 2.39. The first-order valence-electron chi connectivity index (χ1n) is 9.26. The third kappa shape index (κ3) is 4.61. The molecule has 0 aliphatic rings. The SMILES string of the molecule is COc1cc(Nc2nc(SC)nc(-c3ccc(OC)c(OC)c3)c2C#N)c(OC)cc1Cl. The van der Waals surface area contributed by atoms with E-state index in [0.717, 1.165) is 0 Å². The minimum absolute atomic E-state index is 0.256. The highest BCUT2D eigenvalue weighted by atomic mass is 35.5. The largest absolute Gasteiger partial charge is 0.495 e. The predicted molar refractivity (Wildman–Crippen MR) is 125 cm³/mol. The fourth-order valence-corrected chi connectivity index (χ4v) is 3.60. The lowest BCUT2D eigenvalue weighted by Crippen LogP contribution is -2.05. The Labute approximate surface area is 195 Å². The van der Waals surface area contributed by atoms with E-state index in [2.05, 4.69) is 21.4 Å². The number of methoxy groups -OCH3 is 4. The summed E-state index contributed by atoms with van der Waals surface area (Å²) in [7, 11) is 6.15. The maximum Gasteiger partial charge on any atom is 0.189 e.